The highest BCUT2D eigenvalue weighted by Crippen LogP contribution is 2.28. The summed E-state index contributed by atoms with van der Waals surface area (Å²) in [6.45, 7) is 3.68. The Morgan fingerprint density at radius 2 is 1.77 bits per heavy atom. The summed E-state index contributed by atoms with van der Waals surface area (Å²) in [5, 5.41) is 11.8. The van der Waals surface area contributed by atoms with E-state index in [2.05, 4.69) is 5.32 Å². The largest absolute Gasteiger partial charge is 0.496 e. The lowest BCUT2D eigenvalue weighted by molar-refractivity contribution is -0.143. The van der Waals surface area contributed by atoms with Crippen molar-refractivity contribution in [3.63, 3.8) is 0 Å². The molecule has 0 heterocycles. The minimum Gasteiger partial charge on any atom is -0.496 e. The van der Waals surface area contributed by atoms with E-state index in [9.17, 15) is 14.7 Å². The van der Waals surface area contributed by atoms with Gasteiger partial charge in [0, 0.05) is 5.56 Å². The standard InChI is InChI=1S/C16H23NO5/c1-5-10(2)15(16(19)20)17-14(18)9-11-12(21-3)7-6-8-13(11)22-4/h6-8,10,15H,5,9H2,1-4H3,(H,17,18)(H,19,20). The second kappa shape index (κ2) is 8.26. The van der Waals surface area contributed by atoms with Crippen molar-refractivity contribution in [1.29, 1.82) is 0 Å². The van der Waals surface area contributed by atoms with E-state index in [4.69, 9.17) is 9.47 Å². The molecule has 1 aromatic rings. The summed E-state index contributed by atoms with van der Waals surface area (Å²) in [4.78, 5) is 23.5. The van der Waals surface area contributed by atoms with Crippen molar-refractivity contribution in [1.82, 2.24) is 5.32 Å². The molecule has 0 aliphatic rings. The number of aliphatic carboxylic acids is 1. The first-order valence-corrected chi connectivity index (χ1v) is 7.16. The molecule has 6 nitrogen and oxygen atoms in total. The predicted molar refractivity (Wildman–Crippen MR) is 82.3 cm³/mol. The summed E-state index contributed by atoms with van der Waals surface area (Å²) in [5.41, 5.74) is 0.596. The molecule has 0 radical (unpaired) electrons. The van der Waals surface area contributed by atoms with Crippen LogP contribution in [-0.2, 0) is 16.0 Å². The van der Waals surface area contributed by atoms with Gasteiger partial charge in [0.1, 0.15) is 17.5 Å². The minimum absolute atomic E-state index is 0.00655. The number of rotatable bonds is 8. The smallest absolute Gasteiger partial charge is 0.326 e. The fraction of sp³-hybridized carbons (Fsp3) is 0.500. The van der Waals surface area contributed by atoms with Crippen LogP contribution in [0.2, 0.25) is 0 Å². The summed E-state index contributed by atoms with van der Waals surface area (Å²) in [6, 6.07) is 4.32. The molecule has 6 heteroatoms. The van der Waals surface area contributed by atoms with Gasteiger partial charge >= 0.3 is 5.97 Å². The Balaban J connectivity index is 2.91. The number of amides is 1. The molecule has 1 rings (SSSR count). The molecule has 0 aromatic heterocycles. The molecule has 122 valence electrons. The number of nitrogens with one attached hydrogen (secondary N) is 1. The number of ether oxygens (including phenoxy) is 2. The summed E-state index contributed by atoms with van der Waals surface area (Å²) in [6.07, 6.45) is 0.655. The van der Waals surface area contributed by atoms with Crippen molar-refractivity contribution in [2.75, 3.05) is 14.2 Å². The summed E-state index contributed by atoms with van der Waals surface area (Å²) in [7, 11) is 3.02. The van der Waals surface area contributed by atoms with Gasteiger partial charge in [-0.15, -0.1) is 0 Å². The maximum absolute atomic E-state index is 12.2. The van der Waals surface area contributed by atoms with Crippen LogP contribution in [0.5, 0.6) is 11.5 Å². The molecule has 0 aliphatic carbocycles. The molecule has 22 heavy (non-hydrogen) atoms. The number of hydrogen-bond acceptors (Lipinski definition) is 4. The Kier molecular flexibility index (Phi) is 6.69. The van der Waals surface area contributed by atoms with E-state index in [1.807, 2.05) is 6.92 Å². The van der Waals surface area contributed by atoms with E-state index in [1.165, 1.54) is 14.2 Å². The Morgan fingerprint density at radius 1 is 1.23 bits per heavy atom. The molecule has 0 saturated carbocycles. The van der Waals surface area contributed by atoms with Crippen molar-refractivity contribution in [3.8, 4) is 11.5 Å². The number of benzene rings is 1. The van der Waals surface area contributed by atoms with Gasteiger partial charge in [-0.1, -0.05) is 26.3 Å². The fourth-order valence-corrected chi connectivity index (χ4v) is 2.17. The van der Waals surface area contributed by atoms with Crippen LogP contribution in [0, 0.1) is 5.92 Å². The van der Waals surface area contributed by atoms with Crippen LogP contribution < -0.4 is 14.8 Å². The van der Waals surface area contributed by atoms with Gasteiger partial charge in [0.15, 0.2) is 0 Å². The van der Waals surface area contributed by atoms with Gasteiger partial charge in [-0.3, -0.25) is 4.79 Å². The third kappa shape index (κ3) is 4.38. The van der Waals surface area contributed by atoms with Gasteiger partial charge in [-0.2, -0.15) is 0 Å². The molecule has 0 bridgehead atoms. The monoisotopic (exact) mass is 309 g/mol. The average Bonchev–Trinajstić information content (AvgIpc) is 2.51. The van der Waals surface area contributed by atoms with Crippen LogP contribution in [-0.4, -0.2) is 37.2 Å². The lowest BCUT2D eigenvalue weighted by Gasteiger charge is -2.20. The molecule has 1 amide bonds. The quantitative estimate of drug-likeness (QED) is 0.765. The van der Waals surface area contributed by atoms with Crippen LogP contribution in [0.4, 0.5) is 0 Å². The number of carboxylic acids is 1. The van der Waals surface area contributed by atoms with E-state index in [0.717, 1.165) is 0 Å². The third-order valence-corrected chi connectivity index (χ3v) is 3.66. The summed E-state index contributed by atoms with van der Waals surface area (Å²) in [5.74, 6) is -0.499. The zero-order chi connectivity index (χ0) is 16.7. The van der Waals surface area contributed by atoms with Crippen LogP contribution in [0.25, 0.3) is 0 Å². The Bertz CT molecular complexity index is 507. The van der Waals surface area contributed by atoms with Crippen molar-refractivity contribution in [2.45, 2.75) is 32.7 Å². The highest BCUT2D eigenvalue weighted by Gasteiger charge is 2.26. The maximum Gasteiger partial charge on any atom is 0.326 e. The van der Waals surface area contributed by atoms with Crippen molar-refractivity contribution < 1.29 is 24.2 Å². The average molecular weight is 309 g/mol. The molecular formula is C16H23NO5. The van der Waals surface area contributed by atoms with E-state index in [0.29, 0.717) is 23.5 Å². The van der Waals surface area contributed by atoms with E-state index in [-0.39, 0.29) is 18.2 Å². The van der Waals surface area contributed by atoms with Gasteiger partial charge in [0.2, 0.25) is 5.91 Å². The van der Waals surface area contributed by atoms with Gasteiger partial charge in [-0.05, 0) is 18.1 Å². The van der Waals surface area contributed by atoms with Gasteiger partial charge < -0.3 is 19.9 Å². The van der Waals surface area contributed by atoms with Crippen LogP contribution in [0.3, 0.4) is 0 Å². The second-order valence-electron chi connectivity index (χ2n) is 5.09. The molecule has 0 aliphatic heterocycles. The number of carbonyl (C=O) groups is 2. The first-order chi connectivity index (χ1) is 10.4. The van der Waals surface area contributed by atoms with Crippen molar-refractivity contribution in [3.05, 3.63) is 23.8 Å². The lowest BCUT2D eigenvalue weighted by atomic mass is 9.99. The highest BCUT2D eigenvalue weighted by atomic mass is 16.5. The number of carbonyl (C=O) groups excluding carboxylic acids is 1. The maximum atomic E-state index is 12.2. The van der Waals surface area contributed by atoms with Crippen molar-refractivity contribution >= 4 is 11.9 Å². The van der Waals surface area contributed by atoms with Gasteiger partial charge in [0.25, 0.3) is 0 Å². The molecule has 1 aromatic carbocycles. The zero-order valence-electron chi connectivity index (χ0n) is 13.4. The third-order valence-electron chi connectivity index (χ3n) is 3.66. The van der Waals surface area contributed by atoms with E-state index in [1.54, 1.807) is 25.1 Å². The molecule has 0 spiro atoms. The topological polar surface area (TPSA) is 84.9 Å². The number of hydrogen-bond donors (Lipinski definition) is 2. The summed E-state index contributed by atoms with van der Waals surface area (Å²) < 4.78 is 10.5. The minimum atomic E-state index is -1.03. The van der Waals surface area contributed by atoms with Gasteiger partial charge in [0.05, 0.1) is 20.6 Å². The SMILES string of the molecule is CCC(C)C(NC(=O)Cc1c(OC)cccc1OC)C(=O)O. The molecule has 2 atom stereocenters. The van der Waals surface area contributed by atoms with Crippen LogP contribution in [0.1, 0.15) is 25.8 Å². The molecule has 2 N–H and O–H groups in total. The lowest BCUT2D eigenvalue weighted by Crippen LogP contribution is -2.45. The van der Waals surface area contributed by atoms with E-state index < -0.39 is 12.0 Å². The van der Waals surface area contributed by atoms with Crippen LogP contribution in [0.15, 0.2) is 18.2 Å². The Hall–Kier alpha value is -2.24. The Labute approximate surface area is 130 Å². The second-order valence-corrected chi connectivity index (χ2v) is 5.09. The molecule has 0 saturated heterocycles. The first-order valence-electron chi connectivity index (χ1n) is 7.16. The van der Waals surface area contributed by atoms with Crippen molar-refractivity contribution in [2.24, 2.45) is 5.92 Å². The highest BCUT2D eigenvalue weighted by molar-refractivity contribution is 5.85. The Morgan fingerprint density at radius 3 is 2.18 bits per heavy atom. The zero-order valence-corrected chi connectivity index (χ0v) is 13.4. The first kappa shape index (κ1) is 17.8. The van der Waals surface area contributed by atoms with Gasteiger partial charge in [-0.25, -0.2) is 4.79 Å². The number of carboxylic acid groups (broad SMARTS) is 1. The number of methoxy groups -OCH3 is 2. The summed E-state index contributed by atoms with van der Waals surface area (Å²) >= 11 is 0. The van der Waals surface area contributed by atoms with E-state index >= 15 is 0 Å². The van der Waals surface area contributed by atoms with Crippen LogP contribution >= 0.6 is 0 Å². The molecule has 0 fully saturated rings. The normalized spacial score (nSPS) is 13.1. The molecular weight excluding hydrogens is 286 g/mol. The fourth-order valence-electron chi connectivity index (χ4n) is 2.17. The molecule has 2 unspecified atom stereocenters. The predicted octanol–water partition coefficient (Wildman–Crippen LogP) is 1.86.